The number of rotatable bonds is 4. The summed E-state index contributed by atoms with van der Waals surface area (Å²) in [5.74, 6) is 0.446. The molecule has 0 radical (unpaired) electrons. The number of hydrogen-bond donors (Lipinski definition) is 1. The summed E-state index contributed by atoms with van der Waals surface area (Å²) in [5.41, 5.74) is 4.79. The van der Waals surface area contributed by atoms with Crippen LogP contribution >= 0.6 is 0 Å². The van der Waals surface area contributed by atoms with Crippen molar-refractivity contribution in [1.82, 2.24) is 0 Å². The van der Waals surface area contributed by atoms with Gasteiger partial charge in [0.25, 0.3) is 0 Å². The summed E-state index contributed by atoms with van der Waals surface area (Å²) < 4.78 is 11.4. The zero-order valence-electron chi connectivity index (χ0n) is 15.6. The molecule has 1 N–H and O–H groups in total. The Hall–Kier alpha value is -1.65. The van der Waals surface area contributed by atoms with Gasteiger partial charge < -0.3 is 14.6 Å². The zero-order chi connectivity index (χ0) is 18.1. The van der Waals surface area contributed by atoms with Crippen LogP contribution in [0.2, 0.25) is 0 Å². The van der Waals surface area contributed by atoms with Crippen LogP contribution in [0, 0.1) is 32.6 Å². The largest absolute Gasteiger partial charge is 0.497 e. The third-order valence-corrected chi connectivity index (χ3v) is 5.41. The summed E-state index contributed by atoms with van der Waals surface area (Å²) in [6.07, 6.45) is 0.690. The summed E-state index contributed by atoms with van der Waals surface area (Å²) in [7, 11) is 0. The Morgan fingerprint density at radius 2 is 1.76 bits per heavy atom. The smallest absolute Gasteiger partial charge is 0.196 e. The lowest BCUT2D eigenvalue weighted by molar-refractivity contribution is -0.123. The molecule has 3 rings (SSSR count). The summed E-state index contributed by atoms with van der Waals surface area (Å²) >= 11 is 0. The quantitative estimate of drug-likeness (QED) is 0.910. The van der Waals surface area contributed by atoms with Crippen LogP contribution in [0.4, 0.5) is 0 Å². The number of hydrogen-bond acceptors (Lipinski definition) is 4. The molecular formula is C21H28O4. The molecule has 0 spiro atoms. The molecule has 1 aromatic rings. The Bertz CT molecular complexity index is 675. The van der Waals surface area contributed by atoms with Crippen LogP contribution in [0.5, 0.6) is 0 Å². The maximum Gasteiger partial charge on any atom is 0.196 e. The van der Waals surface area contributed by atoms with Crippen LogP contribution in [0.15, 0.2) is 17.9 Å². The van der Waals surface area contributed by atoms with Gasteiger partial charge in [0, 0.05) is 13.2 Å². The van der Waals surface area contributed by atoms with E-state index in [0.717, 1.165) is 29.5 Å². The van der Waals surface area contributed by atoms with Crippen molar-refractivity contribution in [2.75, 3.05) is 19.8 Å². The van der Waals surface area contributed by atoms with E-state index in [1.165, 1.54) is 5.56 Å². The summed E-state index contributed by atoms with van der Waals surface area (Å²) in [4.78, 5) is 13.0. The van der Waals surface area contributed by atoms with E-state index in [4.69, 9.17) is 9.47 Å². The summed E-state index contributed by atoms with van der Waals surface area (Å²) in [6.45, 7) is 9.87. The van der Waals surface area contributed by atoms with Crippen molar-refractivity contribution >= 4 is 11.4 Å². The molecule has 1 heterocycles. The fourth-order valence-electron chi connectivity index (χ4n) is 4.43. The predicted octanol–water partition coefficient (Wildman–Crippen LogP) is 3.35. The fraction of sp³-hybridized carbons (Fsp3) is 0.571. The van der Waals surface area contributed by atoms with Crippen LogP contribution in [0.1, 0.15) is 42.0 Å². The van der Waals surface area contributed by atoms with E-state index in [0.29, 0.717) is 31.2 Å². The number of carbonyl (C=O) groups excluding carboxylic acids is 1. The average molecular weight is 344 g/mol. The van der Waals surface area contributed by atoms with E-state index in [1.54, 1.807) is 0 Å². The summed E-state index contributed by atoms with van der Waals surface area (Å²) in [6, 6.07) is 4.17. The van der Waals surface area contributed by atoms with Gasteiger partial charge in [-0.2, -0.15) is 0 Å². The first-order valence-electron chi connectivity index (χ1n) is 9.20. The Labute approximate surface area is 149 Å². The van der Waals surface area contributed by atoms with E-state index in [9.17, 15) is 9.90 Å². The SMILES string of the molecule is CCOC1=C(c2c(C)cc(C)cc2C)C(=O)C(O)C1C1CCOCC1. The number of aliphatic hydroxyl groups excluding tert-OH is 1. The molecule has 0 aromatic heterocycles. The highest BCUT2D eigenvalue weighted by molar-refractivity contribution is 6.26. The number of aryl methyl sites for hydroxylation is 3. The van der Waals surface area contributed by atoms with Crippen LogP contribution < -0.4 is 0 Å². The lowest BCUT2D eigenvalue weighted by Crippen LogP contribution is -2.33. The number of aliphatic hydroxyl groups is 1. The van der Waals surface area contributed by atoms with Crippen molar-refractivity contribution in [3.8, 4) is 0 Å². The number of ether oxygens (including phenoxy) is 2. The highest BCUT2D eigenvalue weighted by Gasteiger charge is 2.47. The molecule has 0 bridgehead atoms. The van der Waals surface area contributed by atoms with Crippen LogP contribution in [-0.2, 0) is 14.3 Å². The monoisotopic (exact) mass is 344 g/mol. The third-order valence-electron chi connectivity index (χ3n) is 5.41. The van der Waals surface area contributed by atoms with E-state index in [1.807, 2.05) is 20.8 Å². The van der Waals surface area contributed by atoms with Gasteiger partial charge in [-0.3, -0.25) is 4.79 Å². The molecule has 2 unspecified atom stereocenters. The molecule has 4 nitrogen and oxygen atoms in total. The molecule has 136 valence electrons. The van der Waals surface area contributed by atoms with E-state index in [2.05, 4.69) is 19.1 Å². The second-order valence-corrected chi connectivity index (χ2v) is 7.23. The molecule has 0 amide bonds. The van der Waals surface area contributed by atoms with Crippen molar-refractivity contribution in [1.29, 1.82) is 0 Å². The molecule has 4 heteroatoms. The molecule has 1 aliphatic heterocycles. The molecule has 2 atom stereocenters. The molecule has 2 aliphatic rings. The Morgan fingerprint density at radius 1 is 1.16 bits per heavy atom. The Morgan fingerprint density at radius 3 is 2.32 bits per heavy atom. The summed E-state index contributed by atoms with van der Waals surface area (Å²) in [5, 5.41) is 10.8. The highest BCUT2D eigenvalue weighted by Crippen LogP contribution is 2.44. The van der Waals surface area contributed by atoms with Gasteiger partial charge in [0.15, 0.2) is 5.78 Å². The predicted molar refractivity (Wildman–Crippen MR) is 97.2 cm³/mol. The van der Waals surface area contributed by atoms with Gasteiger partial charge in [-0.05, 0) is 63.1 Å². The molecule has 0 saturated carbocycles. The number of benzene rings is 1. The Balaban J connectivity index is 2.13. The molecule has 1 fully saturated rings. The van der Waals surface area contributed by atoms with Gasteiger partial charge in [0.1, 0.15) is 11.9 Å². The van der Waals surface area contributed by atoms with Gasteiger partial charge in [-0.1, -0.05) is 17.7 Å². The van der Waals surface area contributed by atoms with Crippen molar-refractivity contribution < 1.29 is 19.4 Å². The third kappa shape index (κ3) is 3.25. The molecule has 1 aromatic carbocycles. The lowest BCUT2D eigenvalue weighted by atomic mass is 9.83. The normalized spacial score (nSPS) is 24.9. The molecule has 1 aliphatic carbocycles. The second kappa shape index (κ2) is 7.30. The van der Waals surface area contributed by atoms with Gasteiger partial charge in [-0.15, -0.1) is 0 Å². The van der Waals surface area contributed by atoms with Gasteiger partial charge in [0.05, 0.1) is 18.1 Å². The topological polar surface area (TPSA) is 55.8 Å². The maximum absolute atomic E-state index is 13.0. The maximum atomic E-state index is 13.0. The van der Waals surface area contributed by atoms with Crippen molar-refractivity contribution in [3.05, 3.63) is 40.1 Å². The number of Topliss-reactive ketones (excluding diaryl/α,β-unsaturated/α-hetero) is 1. The number of carbonyl (C=O) groups is 1. The van der Waals surface area contributed by atoms with Gasteiger partial charge >= 0.3 is 0 Å². The van der Waals surface area contributed by atoms with Crippen molar-refractivity contribution in [3.63, 3.8) is 0 Å². The van der Waals surface area contributed by atoms with Crippen LogP contribution in [0.25, 0.3) is 5.57 Å². The lowest BCUT2D eigenvalue weighted by Gasteiger charge is -2.30. The van der Waals surface area contributed by atoms with E-state index < -0.39 is 6.10 Å². The van der Waals surface area contributed by atoms with Crippen molar-refractivity contribution in [2.24, 2.45) is 11.8 Å². The molecule has 25 heavy (non-hydrogen) atoms. The van der Waals surface area contributed by atoms with Gasteiger partial charge in [0.2, 0.25) is 0 Å². The minimum absolute atomic E-state index is 0.199. The Kier molecular flexibility index (Phi) is 5.30. The number of ketones is 1. The van der Waals surface area contributed by atoms with E-state index in [-0.39, 0.29) is 17.6 Å². The minimum Gasteiger partial charge on any atom is -0.497 e. The second-order valence-electron chi connectivity index (χ2n) is 7.23. The zero-order valence-corrected chi connectivity index (χ0v) is 15.6. The van der Waals surface area contributed by atoms with E-state index >= 15 is 0 Å². The van der Waals surface area contributed by atoms with Crippen molar-refractivity contribution in [2.45, 2.75) is 46.6 Å². The highest BCUT2D eigenvalue weighted by atomic mass is 16.5. The van der Waals surface area contributed by atoms with Crippen LogP contribution in [-0.4, -0.2) is 36.8 Å². The molecule has 1 saturated heterocycles. The molecular weight excluding hydrogens is 316 g/mol. The van der Waals surface area contributed by atoms with Crippen LogP contribution in [0.3, 0.4) is 0 Å². The average Bonchev–Trinajstić information content (AvgIpc) is 2.80. The first-order chi connectivity index (χ1) is 12.0. The standard InChI is InChI=1S/C21H28O4/c1-5-25-21-17(15-6-8-24-9-7-15)19(22)20(23)18(21)16-13(3)10-12(2)11-14(16)4/h10-11,15,17,19,22H,5-9H2,1-4H3. The first-order valence-corrected chi connectivity index (χ1v) is 9.20. The minimum atomic E-state index is -1.01. The van der Waals surface area contributed by atoms with Gasteiger partial charge in [-0.25, -0.2) is 0 Å². The first kappa shape index (κ1) is 18.2. The fourth-order valence-corrected chi connectivity index (χ4v) is 4.43.